The van der Waals surface area contributed by atoms with Gasteiger partial charge in [-0.1, -0.05) is 12.1 Å². The number of aryl methyl sites for hydroxylation is 1. The maximum atomic E-state index is 12.3. The number of furan rings is 1. The Hall–Kier alpha value is -3.61. The number of aromatic nitrogens is 1. The number of benzene rings is 1. The van der Waals surface area contributed by atoms with E-state index in [0.29, 0.717) is 24.3 Å². The minimum atomic E-state index is -0.361. The summed E-state index contributed by atoms with van der Waals surface area (Å²) in [4.78, 5) is 28.6. The van der Waals surface area contributed by atoms with Crippen LogP contribution in [0.4, 0.5) is 11.5 Å². The first-order valence-electron chi connectivity index (χ1n) is 8.52. The monoisotopic (exact) mass is 364 g/mol. The van der Waals surface area contributed by atoms with Gasteiger partial charge >= 0.3 is 0 Å². The molecule has 7 heteroatoms. The predicted molar refractivity (Wildman–Crippen MR) is 103 cm³/mol. The van der Waals surface area contributed by atoms with Crippen LogP contribution in [0.15, 0.2) is 65.4 Å². The zero-order valence-electron chi connectivity index (χ0n) is 14.9. The maximum absolute atomic E-state index is 12.3. The minimum absolute atomic E-state index is 0.213. The average molecular weight is 364 g/mol. The molecule has 0 bridgehead atoms. The van der Waals surface area contributed by atoms with Crippen LogP contribution in [0.3, 0.4) is 0 Å². The van der Waals surface area contributed by atoms with Crippen molar-refractivity contribution in [3.63, 3.8) is 0 Å². The minimum Gasteiger partial charge on any atom is -0.459 e. The number of amides is 2. The molecule has 7 nitrogen and oxygen atoms in total. The Morgan fingerprint density at radius 3 is 2.67 bits per heavy atom. The molecular weight excluding hydrogens is 344 g/mol. The van der Waals surface area contributed by atoms with Crippen LogP contribution < -0.4 is 16.0 Å². The number of rotatable bonds is 7. The summed E-state index contributed by atoms with van der Waals surface area (Å²) in [6.07, 6.45) is 3.14. The molecule has 0 aliphatic heterocycles. The van der Waals surface area contributed by atoms with Crippen molar-refractivity contribution in [1.82, 2.24) is 10.3 Å². The van der Waals surface area contributed by atoms with E-state index in [2.05, 4.69) is 20.9 Å². The van der Waals surface area contributed by atoms with E-state index in [1.807, 2.05) is 25.1 Å². The van der Waals surface area contributed by atoms with E-state index in [0.717, 1.165) is 11.4 Å². The Kier molecular flexibility index (Phi) is 5.84. The summed E-state index contributed by atoms with van der Waals surface area (Å²) in [5, 5.41) is 8.72. The smallest absolute Gasteiger partial charge is 0.291 e. The Balaban J connectivity index is 1.56. The van der Waals surface area contributed by atoms with Gasteiger partial charge in [-0.3, -0.25) is 9.59 Å². The SMILES string of the molecule is Cc1ccc(C(=O)NCCNc2ccccn2)cc1NC(=O)c1ccco1. The number of carbonyl (C=O) groups excluding carboxylic acids is 2. The van der Waals surface area contributed by atoms with Crippen molar-refractivity contribution in [3.05, 3.63) is 77.9 Å². The molecule has 0 atom stereocenters. The van der Waals surface area contributed by atoms with Crippen LogP contribution in [0.5, 0.6) is 0 Å². The van der Waals surface area contributed by atoms with E-state index in [4.69, 9.17) is 4.42 Å². The predicted octanol–water partition coefficient (Wildman–Crippen LogP) is 3.08. The summed E-state index contributed by atoms with van der Waals surface area (Å²) in [5.41, 5.74) is 1.88. The van der Waals surface area contributed by atoms with E-state index in [-0.39, 0.29) is 17.6 Å². The van der Waals surface area contributed by atoms with E-state index in [1.54, 1.807) is 36.5 Å². The largest absolute Gasteiger partial charge is 0.459 e. The van der Waals surface area contributed by atoms with Crippen LogP contribution in [0.2, 0.25) is 0 Å². The number of hydrogen-bond donors (Lipinski definition) is 3. The third-order valence-corrected chi connectivity index (χ3v) is 3.87. The van der Waals surface area contributed by atoms with Crippen LogP contribution in [-0.2, 0) is 0 Å². The van der Waals surface area contributed by atoms with Crippen LogP contribution in [0.25, 0.3) is 0 Å². The van der Waals surface area contributed by atoms with Gasteiger partial charge in [-0.05, 0) is 48.9 Å². The van der Waals surface area contributed by atoms with Crippen molar-refractivity contribution in [3.8, 4) is 0 Å². The molecular formula is C20H20N4O3. The van der Waals surface area contributed by atoms with Crippen LogP contribution in [0, 0.1) is 6.92 Å². The normalized spacial score (nSPS) is 10.3. The van der Waals surface area contributed by atoms with Gasteiger partial charge in [0.2, 0.25) is 0 Å². The van der Waals surface area contributed by atoms with Gasteiger partial charge in [0.15, 0.2) is 5.76 Å². The topological polar surface area (TPSA) is 96.3 Å². The van der Waals surface area contributed by atoms with E-state index in [1.165, 1.54) is 6.26 Å². The van der Waals surface area contributed by atoms with Crippen molar-refractivity contribution in [2.75, 3.05) is 23.7 Å². The third kappa shape index (κ3) is 4.94. The van der Waals surface area contributed by atoms with Gasteiger partial charge in [0.05, 0.1) is 6.26 Å². The molecule has 0 saturated heterocycles. The first kappa shape index (κ1) is 18.2. The Morgan fingerprint density at radius 1 is 1.04 bits per heavy atom. The number of anilines is 2. The van der Waals surface area contributed by atoms with Crippen LogP contribution in [-0.4, -0.2) is 29.9 Å². The van der Waals surface area contributed by atoms with Gasteiger partial charge in [-0.15, -0.1) is 0 Å². The highest BCUT2D eigenvalue weighted by Crippen LogP contribution is 2.18. The lowest BCUT2D eigenvalue weighted by molar-refractivity contribution is 0.0953. The van der Waals surface area contributed by atoms with Crippen molar-refractivity contribution in [2.24, 2.45) is 0 Å². The standard InChI is InChI=1S/C20H20N4O3/c1-14-7-8-15(13-16(14)24-20(26)17-5-4-12-27-17)19(25)23-11-10-22-18-6-2-3-9-21-18/h2-9,12-13H,10-11H2,1H3,(H,21,22)(H,23,25)(H,24,26). The quantitative estimate of drug-likeness (QED) is 0.560. The van der Waals surface area contributed by atoms with Crippen LogP contribution >= 0.6 is 0 Å². The van der Waals surface area contributed by atoms with Gasteiger partial charge in [0, 0.05) is 30.5 Å². The molecule has 0 aliphatic rings. The molecule has 0 aliphatic carbocycles. The van der Waals surface area contributed by atoms with Gasteiger partial charge in [-0.25, -0.2) is 4.98 Å². The Labute approximate surface area is 156 Å². The molecule has 1 aromatic carbocycles. The second-order valence-corrected chi connectivity index (χ2v) is 5.86. The second-order valence-electron chi connectivity index (χ2n) is 5.86. The molecule has 2 aromatic heterocycles. The summed E-state index contributed by atoms with van der Waals surface area (Å²) >= 11 is 0. The number of nitrogens with zero attached hydrogens (tertiary/aromatic N) is 1. The fourth-order valence-electron chi connectivity index (χ4n) is 2.43. The first-order valence-corrected chi connectivity index (χ1v) is 8.52. The summed E-state index contributed by atoms with van der Waals surface area (Å²) in [6, 6.07) is 14.0. The van der Waals surface area contributed by atoms with Crippen molar-refractivity contribution in [2.45, 2.75) is 6.92 Å². The van der Waals surface area contributed by atoms with Gasteiger partial charge in [0.1, 0.15) is 5.82 Å². The molecule has 3 N–H and O–H groups in total. The lowest BCUT2D eigenvalue weighted by atomic mass is 10.1. The van der Waals surface area contributed by atoms with E-state index in [9.17, 15) is 9.59 Å². The molecule has 0 fully saturated rings. The van der Waals surface area contributed by atoms with Crippen LogP contribution in [0.1, 0.15) is 26.5 Å². The molecule has 0 radical (unpaired) electrons. The molecule has 0 saturated carbocycles. The second kappa shape index (κ2) is 8.66. The molecule has 27 heavy (non-hydrogen) atoms. The highest BCUT2D eigenvalue weighted by atomic mass is 16.3. The zero-order valence-corrected chi connectivity index (χ0v) is 14.9. The van der Waals surface area contributed by atoms with Crippen molar-refractivity contribution in [1.29, 1.82) is 0 Å². The molecule has 3 aromatic rings. The van der Waals surface area contributed by atoms with E-state index >= 15 is 0 Å². The average Bonchev–Trinajstić information content (AvgIpc) is 3.22. The first-order chi connectivity index (χ1) is 13.1. The molecule has 0 unspecified atom stereocenters. The third-order valence-electron chi connectivity index (χ3n) is 3.87. The summed E-state index contributed by atoms with van der Waals surface area (Å²) in [6.45, 7) is 2.85. The number of nitrogens with one attached hydrogen (secondary N) is 3. The van der Waals surface area contributed by atoms with Gasteiger partial charge in [0.25, 0.3) is 11.8 Å². The lowest BCUT2D eigenvalue weighted by Gasteiger charge is -2.11. The molecule has 0 spiro atoms. The molecule has 3 rings (SSSR count). The molecule has 2 heterocycles. The Morgan fingerprint density at radius 2 is 1.93 bits per heavy atom. The van der Waals surface area contributed by atoms with Gasteiger partial charge < -0.3 is 20.4 Å². The fourth-order valence-corrected chi connectivity index (χ4v) is 2.43. The zero-order chi connectivity index (χ0) is 19.1. The number of carbonyl (C=O) groups is 2. The highest BCUT2D eigenvalue weighted by Gasteiger charge is 2.12. The summed E-state index contributed by atoms with van der Waals surface area (Å²) in [5.74, 6) is 0.390. The number of hydrogen-bond acceptors (Lipinski definition) is 5. The molecule has 138 valence electrons. The maximum Gasteiger partial charge on any atom is 0.291 e. The van der Waals surface area contributed by atoms with E-state index < -0.39 is 0 Å². The lowest BCUT2D eigenvalue weighted by Crippen LogP contribution is -2.29. The fraction of sp³-hybridized carbons (Fsp3) is 0.150. The van der Waals surface area contributed by atoms with Crippen molar-refractivity contribution >= 4 is 23.3 Å². The number of pyridine rings is 1. The molecule has 2 amide bonds. The summed E-state index contributed by atoms with van der Waals surface area (Å²) < 4.78 is 5.08. The highest BCUT2D eigenvalue weighted by molar-refractivity contribution is 6.03. The van der Waals surface area contributed by atoms with Gasteiger partial charge in [-0.2, -0.15) is 0 Å². The Bertz CT molecular complexity index is 908. The summed E-state index contributed by atoms with van der Waals surface area (Å²) in [7, 11) is 0. The van der Waals surface area contributed by atoms with Crippen molar-refractivity contribution < 1.29 is 14.0 Å².